The summed E-state index contributed by atoms with van der Waals surface area (Å²) in [7, 11) is 0. The zero-order valence-corrected chi connectivity index (χ0v) is 47.4. The molecule has 448 valence electrons. The molecule has 0 aliphatic heterocycles. The van der Waals surface area contributed by atoms with E-state index >= 15 is 0 Å². The molecule has 0 rings (SSSR count). The van der Waals surface area contributed by atoms with Crippen molar-refractivity contribution in [2.75, 3.05) is 105 Å². The van der Waals surface area contributed by atoms with Gasteiger partial charge in [0, 0.05) is 105 Å². The normalized spacial score (nSPS) is 9.98. The predicted molar refractivity (Wildman–Crippen MR) is 314 cm³/mol. The highest BCUT2D eigenvalue weighted by atomic mass is 16.5. The fraction of sp³-hybridized carbons (Fsp3) is 0.441. The number of nitrogens with one attached hydrogen (secondary N) is 5. The number of rotatable bonds is 48. The van der Waals surface area contributed by atoms with Crippen LogP contribution in [0.1, 0.15) is 57.8 Å². The molecule has 0 aromatic heterocycles. The number of hydrogen-bond donors (Lipinski definition) is 5. The molecular formula is C59H88N8O14. The first-order chi connectivity index (χ1) is 38.7. The maximum absolute atomic E-state index is 12.2. The SMILES string of the molecule is C=CC(=O)CCCCOCC(COCCCCC(=O)C=C)(COCCCNC(=O)C=C)NC(=O)C=C.C=CC(=O)CCCN(CCN(CCNC(=O)C=C)C(=O)C=C)C(=O)C=C.C=CC(=O)NCCN(CCNC(=O)C=C)C(=O)C=C. The van der Waals surface area contributed by atoms with E-state index < -0.39 is 11.4 Å². The third kappa shape index (κ3) is 43.4. The molecule has 8 amide bonds. The number of allylic oxidation sites excluding steroid dienone is 3. The fourth-order valence-electron chi connectivity index (χ4n) is 6.35. The van der Waals surface area contributed by atoms with Crippen LogP contribution in [0.4, 0.5) is 0 Å². The second-order valence-corrected chi connectivity index (χ2v) is 17.1. The summed E-state index contributed by atoms with van der Waals surface area (Å²) in [5.41, 5.74) is -0.969. The minimum atomic E-state index is -0.969. The Hall–Kier alpha value is -8.21. The molecule has 5 N–H and O–H groups in total. The molecular weight excluding hydrogens is 1040 g/mol. The molecule has 0 atom stereocenters. The molecule has 0 aliphatic carbocycles. The highest BCUT2D eigenvalue weighted by Gasteiger charge is 2.33. The molecule has 0 bridgehead atoms. The lowest BCUT2D eigenvalue weighted by molar-refractivity contribution is -0.130. The van der Waals surface area contributed by atoms with Crippen molar-refractivity contribution in [3.8, 4) is 0 Å². The monoisotopic (exact) mass is 1130 g/mol. The van der Waals surface area contributed by atoms with Crippen molar-refractivity contribution in [1.29, 1.82) is 0 Å². The van der Waals surface area contributed by atoms with Crippen LogP contribution >= 0.6 is 0 Å². The highest BCUT2D eigenvalue weighted by molar-refractivity contribution is 5.92. The first-order valence-electron chi connectivity index (χ1n) is 26.2. The molecule has 81 heavy (non-hydrogen) atoms. The van der Waals surface area contributed by atoms with Gasteiger partial charge in [-0.3, -0.25) is 52.7 Å². The average Bonchev–Trinajstić information content (AvgIpc) is 3.48. The van der Waals surface area contributed by atoms with Crippen LogP contribution in [0.2, 0.25) is 0 Å². The second kappa shape index (κ2) is 51.2. The lowest BCUT2D eigenvalue weighted by atomic mass is 10.0. The van der Waals surface area contributed by atoms with E-state index in [4.69, 9.17) is 14.2 Å². The van der Waals surface area contributed by atoms with Crippen LogP contribution < -0.4 is 26.6 Å². The average molecular weight is 1130 g/mol. The third-order valence-corrected chi connectivity index (χ3v) is 10.8. The van der Waals surface area contributed by atoms with Gasteiger partial charge in [0.25, 0.3) is 0 Å². The molecule has 22 nitrogen and oxygen atoms in total. The molecule has 0 spiro atoms. The van der Waals surface area contributed by atoms with Gasteiger partial charge >= 0.3 is 0 Å². The van der Waals surface area contributed by atoms with Gasteiger partial charge in [-0.2, -0.15) is 0 Å². The molecule has 0 fully saturated rings. The van der Waals surface area contributed by atoms with Crippen molar-refractivity contribution in [2.24, 2.45) is 0 Å². The Morgan fingerprint density at radius 2 is 0.617 bits per heavy atom. The lowest BCUT2D eigenvalue weighted by Crippen LogP contribution is -2.58. The quantitative estimate of drug-likeness (QED) is 0.0433. The van der Waals surface area contributed by atoms with Gasteiger partial charge < -0.3 is 55.5 Å². The van der Waals surface area contributed by atoms with E-state index in [1.165, 1.54) is 63.3 Å². The van der Waals surface area contributed by atoms with Crippen molar-refractivity contribution in [1.82, 2.24) is 41.3 Å². The molecule has 0 aromatic carbocycles. The zero-order valence-electron chi connectivity index (χ0n) is 47.4. The standard InChI is InChI=1S/C27H42N2O7.C19H27N3O4.C13H19N3O3/c1-5-23(30)14-9-11-17-34-20-27(29-26(33)8-4,21-35-18-12-10-15-24(31)6-2)22-36-19-13-16-28-25(32)7-3;1-5-16(23)10-9-12-21(18(25)7-3)14-15-22(19(26)8-4)13-11-20-17(24)6-2;1-4-11(17)14-7-9-16(13(19)6-3)10-8-15-12(18)5-2/h5-8H,1-4,9-22H2,(H,28,32)(H,29,33);5-8H,1-4,9-15H2,(H,20,24);4-6H,1-3,7-10H2,(H,14,17)(H,15,18). The van der Waals surface area contributed by atoms with Gasteiger partial charge in [-0.05, 0) is 105 Å². The number of hydrogen-bond acceptors (Lipinski definition) is 14. The van der Waals surface area contributed by atoms with Crippen LogP contribution in [-0.4, -0.2) is 190 Å². The summed E-state index contributed by atoms with van der Waals surface area (Å²) in [6.45, 7) is 42.2. The van der Waals surface area contributed by atoms with Crippen molar-refractivity contribution in [3.63, 3.8) is 0 Å². The van der Waals surface area contributed by atoms with E-state index in [2.05, 4.69) is 99.0 Å². The Morgan fingerprint density at radius 3 is 0.938 bits per heavy atom. The van der Waals surface area contributed by atoms with Gasteiger partial charge in [-0.15, -0.1) is 0 Å². The van der Waals surface area contributed by atoms with Crippen LogP contribution in [-0.2, 0) is 67.0 Å². The summed E-state index contributed by atoms with van der Waals surface area (Å²) in [4.78, 5) is 130. The number of unbranched alkanes of at least 4 members (excludes halogenated alkanes) is 2. The van der Waals surface area contributed by atoms with Gasteiger partial charge in [0.05, 0.1) is 19.8 Å². The molecule has 0 saturated carbocycles. The van der Waals surface area contributed by atoms with Gasteiger partial charge in [0.2, 0.25) is 47.3 Å². The molecule has 0 unspecified atom stereocenters. The summed E-state index contributed by atoms with van der Waals surface area (Å²) in [6, 6.07) is 0. The van der Waals surface area contributed by atoms with E-state index in [0.29, 0.717) is 117 Å². The lowest BCUT2D eigenvalue weighted by Gasteiger charge is -2.34. The van der Waals surface area contributed by atoms with Crippen molar-refractivity contribution in [3.05, 3.63) is 139 Å². The Bertz CT molecular complexity index is 1980. The Balaban J connectivity index is -0.00000119. The van der Waals surface area contributed by atoms with Gasteiger partial charge in [0.15, 0.2) is 17.3 Å². The van der Waals surface area contributed by atoms with Gasteiger partial charge in [0.1, 0.15) is 5.54 Å². The van der Waals surface area contributed by atoms with Crippen LogP contribution in [0.5, 0.6) is 0 Å². The Morgan fingerprint density at radius 1 is 0.321 bits per heavy atom. The first kappa shape index (κ1) is 77.0. The van der Waals surface area contributed by atoms with Crippen LogP contribution in [0.25, 0.3) is 0 Å². The summed E-state index contributed by atoms with van der Waals surface area (Å²) in [5, 5.41) is 13.3. The van der Waals surface area contributed by atoms with Gasteiger partial charge in [-0.25, -0.2) is 0 Å². The summed E-state index contributed by atoms with van der Waals surface area (Å²) < 4.78 is 17.5. The molecule has 0 radical (unpaired) electrons. The number of carbonyl (C=O) groups is 11. The van der Waals surface area contributed by atoms with Gasteiger partial charge in [-0.1, -0.05) is 72.4 Å². The minimum absolute atomic E-state index is 0.0107. The maximum Gasteiger partial charge on any atom is 0.246 e. The molecule has 22 heteroatoms. The smallest absolute Gasteiger partial charge is 0.246 e. The predicted octanol–water partition coefficient (Wildman–Crippen LogP) is 3.08. The van der Waals surface area contributed by atoms with E-state index in [0.717, 1.165) is 18.2 Å². The van der Waals surface area contributed by atoms with E-state index in [9.17, 15) is 52.7 Å². The maximum atomic E-state index is 12.2. The number of carbonyl (C=O) groups excluding carboxylic acids is 11. The van der Waals surface area contributed by atoms with Crippen molar-refractivity contribution >= 4 is 64.6 Å². The van der Waals surface area contributed by atoms with Crippen molar-refractivity contribution in [2.45, 2.75) is 63.3 Å². The summed E-state index contributed by atoms with van der Waals surface area (Å²) >= 11 is 0. The number of nitrogens with zero attached hydrogens (tertiary/aromatic N) is 3. The Labute approximate surface area is 478 Å². The van der Waals surface area contributed by atoms with Crippen LogP contribution in [0, 0.1) is 0 Å². The number of amides is 8. The zero-order chi connectivity index (χ0) is 61.7. The van der Waals surface area contributed by atoms with Crippen molar-refractivity contribution < 1.29 is 67.0 Å². The highest BCUT2D eigenvalue weighted by Crippen LogP contribution is 2.12. The summed E-state index contributed by atoms with van der Waals surface area (Å²) in [5.74, 6) is -2.52. The van der Waals surface area contributed by atoms with E-state index in [1.807, 2.05) is 0 Å². The topological polar surface area (TPSA) is 285 Å². The molecule has 0 saturated heterocycles. The Kier molecular flexibility index (Phi) is 48.7. The first-order valence-corrected chi connectivity index (χ1v) is 26.2. The van der Waals surface area contributed by atoms with Crippen LogP contribution in [0.3, 0.4) is 0 Å². The minimum Gasteiger partial charge on any atom is -0.379 e. The molecule has 0 aromatic rings. The fourth-order valence-corrected chi connectivity index (χ4v) is 6.35. The number of ether oxygens (including phenoxy) is 3. The molecule has 0 aliphatic rings. The van der Waals surface area contributed by atoms with E-state index in [1.54, 1.807) is 0 Å². The van der Waals surface area contributed by atoms with Crippen LogP contribution in [0.15, 0.2) is 139 Å². The largest absolute Gasteiger partial charge is 0.379 e. The van der Waals surface area contributed by atoms with E-state index in [-0.39, 0.29) is 105 Å². The summed E-state index contributed by atoms with van der Waals surface area (Å²) in [6.07, 6.45) is 18.1. The molecule has 0 heterocycles. The number of ketones is 3. The third-order valence-electron chi connectivity index (χ3n) is 10.8. The second-order valence-electron chi connectivity index (χ2n) is 17.1.